The van der Waals surface area contributed by atoms with Crippen LogP contribution >= 0.6 is 11.3 Å². The number of rotatable bonds is 7. The van der Waals surface area contributed by atoms with Gasteiger partial charge >= 0.3 is 0 Å². The molecular weight excluding hydrogens is 428 g/mol. The molecule has 4 nitrogen and oxygen atoms in total. The maximum Gasteiger partial charge on any atom is 0.256 e. The lowest BCUT2D eigenvalue weighted by molar-refractivity contribution is 0.102. The summed E-state index contributed by atoms with van der Waals surface area (Å²) < 4.78 is 5.69. The molecule has 0 bridgehead atoms. The Balaban J connectivity index is 1.74. The number of carbonyl (C=O) groups is 1. The second kappa shape index (κ2) is 10.5. The van der Waals surface area contributed by atoms with Crippen LogP contribution in [0, 0.1) is 19.8 Å². The second-order valence-corrected chi connectivity index (χ2v) is 10.2. The number of hydrogen-bond acceptors (Lipinski definition) is 4. The van der Waals surface area contributed by atoms with Crippen molar-refractivity contribution in [1.82, 2.24) is 4.90 Å². The van der Waals surface area contributed by atoms with Gasteiger partial charge in [-0.3, -0.25) is 9.69 Å². The number of nitrogens with zero attached hydrogens (tertiary/aromatic N) is 1. The molecule has 1 atom stereocenters. The maximum atomic E-state index is 13.0. The predicted octanol–water partition coefficient (Wildman–Crippen LogP) is 6.84. The van der Waals surface area contributed by atoms with Gasteiger partial charge in [-0.25, -0.2) is 0 Å². The highest BCUT2D eigenvalue weighted by atomic mass is 32.1. The number of benzene rings is 2. The number of anilines is 1. The van der Waals surface area contributed by atoms with Crippen molar-refractivity contribution in [2.24, 2.45) is 5.92 Å². The van der Waals surface area contributed by atoms with Gasteiger partial charge in [-0.2, -0.15) is 0 Å². The first-order chi connectivity index (χ1) is 16.0. The van der Waals surface area contributed by atoms with Gasteiger partial charge in [0.15, 0.2) is 0 Å². The molecule has 2 aromatic carbocycles. The summed E-state index contributed by atoms with van der Waals surface area (Å²) in [6.45, 7) is 11.5. The summed E-state index contributed by atoms with van der Waals surface area (Å²) in [6.07, 6.45) is 2.39. The second-order valence-electron chi connectivity index (χ2n) is 8.97. The Kier molecular flexibility index (Phi) is 7.51. The lowest BCUT2D eigenvalue weighted by atomic mass is 9.91. The van der Waals surface area contributed by atoms with Gasteiger partial charge in [-0.15, -0.1) is 11.3 Å². The van der Waals surface area contributed by atoms with Crippen molar-refractivity contribution in [3.05, 3.63) is 81.7 Å². The molecule has 1 aromatic heterocycles. The number of aryl methyl sites for hydroxylation is 1. The SMILES string of the molecule is CCOc1ccc(C(c2c(NC(=O)c3ccccc3)sc(C)c2C)N2CCC(C)CC2)cc1. The first-order valence-corrected chi connectivity index (χ1v) is 12.7. The molecule has 1 fully saturated rings. The van der Waals surface area contributed by atoms with Gasteiger partial charge in [0, 0.05) is 16.0 Å². The Morgan fingerprint density at radius 3 is 2.39 bits per heavy atom. The quantitative estimate of drug-likeness (QED) is 0.418. The topological polar surface area (TPSA) is 41.6 Å². The fourth-order valence-electron chi connectivity index (χ4n) is 4.59. The molecule has 0 radical (unpaired) electrons. The number of nitrogens with one attached hydrogen (secondary N) is 1. The van der Waals surface area contributed by atoms with Crippen molar-refractivity contribution in [3.63, 3.8) is 0 Å². The van der Waals surface area contributed by atoms with Crippen LogP contribution in [0.15, 0.2) is 54.6 Å². The van der Waals surface area contributed by atoms with Crippen LogP contribution in [0.4, 0.5) is 5.00 Å². The van der Waals surface area contributed by atoms with E-state index in [1.54, 1.807) is 11.3 Å². The number of carbonyl (C=O) groups excluding carboxylic acids is 1. The number of ether oxygens (including phenoxy) is 1. The summed E-state index contributed by atoms with van der Waals surface area (Å²) in [6, 6.07) is 18.1. The minimum absolute atomic E-state index is 0.0594. The van der Waals surface area contributed by atoms with Crippen LogP contribution in [0.5, 0.6) is 5.75 Å². The van der Waals surface area contributed by atoms with E-state index in [1.807, 2.05) is 37.3 Å². The molecular formula is C28H34N2O2S. The summed E-state index contributed by atoms with van der Waals surface area (Å²) in [7, 11) is 0. The molecule has 0 aliphatic carbocycles. The van der Waals surface area contributed by atoms with Crippen LogP contribution in [0.25, 0.3) is 0 Å². The minimum atomic E-state index is -0.0594. The summed E-state index contributed by atoms with van der Waals surface area (Å²) in [5, 5.41) is 4.20. The lowest BCUT2D eigenvalue weighted by Gasteiger charge is -2.38. The third kappa shape index (κ3) is 5.31. The van der Waals surface area contributed by atoms with Crippen molar-refractivity contribution >= 4 is 22.2 Å². The van der Waals surface area contributed by atoms with Crippen molar-refractivity contribution in [1.29, 1.82) is 0 Å². The molecule has 0 saturated carbocycles. The third-order valence-electron chi connectivity index (χ3n) is 6.66. The Morgan fingerprint density at radius 2 is 1.76 bits per heavy atom. The molecule has 3 aromatic rings. The van der Waals surface area contributed by atoms with Crippen LogP contribution in [0.2, 0.25) is 0 Å². The third-order valence-corrected chi connectivity index (χ3v) is 7.80. The van der Waals surface area contributed by atoms with E-state index in [4.69, 9.17) is 4.74 Å². The Hall–Kier alpha value is -2.63. The maximum absolute atomic E-state index is 13.0. The molecule has 174 valence electrons. The molecule has 1 amide bonds. The van der Waals surface area contributed by atoms with E-state index in [0.717, 1.165) is 29.8 Å². The highest BCUT2D eigenvalue weighted by Crippen LogP contribution is 2.43. The average molecular weight is 463 g/mol. The molecule has 1 unspecified atom stereocenters. The smallest absolute Gasteiger partial charge is 0.256 e. The number of likely N-dealkylation sites (tertiary alicyclic amines) is 1. The number of piperidine rings is 1. The number of amides is 1. The van der Waals surface area contributed by atoms with Crippen LogP contribution in [0.3, 0.4) is 0 Å². The molecule has 1 aliphatic rings. The molecule has 1 saturated heterocycles. The van der Waals surface area contributed by atoms with Gasteiger partial charge in [0.2, 0.25) is 0 Å². The minimum Gasteiger partial charge on any atom is -0.494 e. The highest BCUT2D eigenvalue weighted by molar-refractivity contribution is 7.16. The van der Waals surface area contributed by atoms with E-state index in [1.165, 1.54) is 34.4 Å². The van der Waals surface area contributed by atoms with Crippen LogP contribution in [-0.4, -0.2) is 30.5 Å². The zero-order chi connectivity index (χ0) is 23.4. The van der Waals surface area contributed by atoms with E-state index >= 15 is 0 Å². The first kappa shape index (κ1) is 23.5. The van der Waals surface area contributed by atoms with Gasteiger partial charge in [0.05, 0.1) is 12.6 Å². The Bertz CT molecular complexity index is 1070. The van der Waals surface area contributed by atoms with E-state index in [2.05, 4.69) is 55.3 Å². The normalized spacial score (nSPS) is 15.9. The fraction of sp³-hybridized carbons (Fsp3) is 0.393. The van der Waals surface area contributed by atoms with Crippen LogP contribution in [-0.2, 0) is 0 Å². The van der Waals surface area contributed by atoms with Crippen LogP contribution < -0.4 is 10.1 Å². The van der Waals surface area contributed by atoms with E-state index in [0.29, 0.717) is 12.2 Å². The molecule has 1 aliphatic heterocycles. The Morgan fingerprint density at radius 1 is 1.09 bits per heavy atom. The van der Waals surface area contributed by atoms with Crippen LogP contribution in [0.1, 0.15) is 64.7 Å². The van der Waals surface area contributed by atoms with Gasteiger partial charge < -0.3 is 10.1 Å². The van der Waals surface area contributed by atoms with E-state index < -0.39 is 0 Å². The van der Waals surface area contributed by atoms with Gasteiger partial charge in [0.1, 0.15) is 10.8 Å². The predicted molar refractivity (Wildman–Crippen MR) is 138 cm³/mol. The van der Waals surface area contributed by atoms with Crippen molar-refractivity contribution in [2.45, 2.75) is 46.6 Å². The largest absolute Gasteiger partial charge is 0.494 e. The highest BCUT2D eigenvalue weighted by Gasteiger charge is 2.31. The lowest BCUT2D eigenvalue weighted by Crippen LogP contribution is -2.37. The van der Waals surface area contributed by atoms with Crippen molar-refractivity contribution in [3.8, 4) is 5.75 Å². The average Bonchev–Trinajstić information content (AvgIpc) is 3.10. The monoisotopic (exact) mass is 462 g/mol. The number of thiophene rings is 1. The molecule has 1 N–H and O–H groups in total. The molecule has 0 spiro atoms. The van der Waals surface area contributed by atoms with E-state index in [9.17, 15) is 4.79 Å². The van der Waals surface area contributed by atoms with Crippen molar-refractivity contribution in [2.75, 3.05) is 25.0 Å². The summed E-state index contributed by atoms with van der Waals surface area (Å²) in [4.78, 5) is 16.9. The molecule has 5 heteroatoms. The standard InChI is InChI=1S/C28H34N2O2S/c1-5-32-24-13-11-22(12-14-24)26(30-17-15-19(2)16-18-30)25-20(3)21(4)33-28(25)29-27(31)23-9-7-6-8-10-23/h6-14,19,26H,5,15-18H2,1-4H3,(H,29,31). The first-order valence-electron chi connectivity index (χ1n) is 11.9. The fourth-order valence-corrected chi connectivity index (χ4v) is 5.68. The molecule has 4 rings (SSSR count). The Labute approximate surface area is 201 Å². The molecule has 33 heavy (non-hydrogen) atoms. The molecule has 2 heterocycles. The van der Waals surface area contributed by atoms with Crippen molar-refractivity contribution < 1.29 is 9.53 Å². The zero-order valence-corrected chi connectivity index (χ0v) is 20.9. The van der Waals surface area contributed by atoms with Gasteiger partial charge in [-0.05, 0) is 88.0 Å². The summed E-state index contributed by atoms with van der Waals surface area (Å²) in [5.41, 5.74) is 4.40. The zero-order valence-electron chi connectivity index (χ0n) is 20.1. The van der Waals surface area contributed by atoms with Gasteiger partial charge in [-0.1, -0.05) is 37.3 Å². The van der Waals surface area contributed by atoms with Gasteiger partial charge in [0.25, 0.3) is 5.91 Å². The number of hydrogen-bond donors (Lipinski definition) is 1. The summed E-state index contributed by atoms with van der Waals surface area (Å²) in [5.74, 6) is 1.59. The van der Waals surface area contributed by atoms with E-state index in [-0.39, 0.29) is 11.9 Å². The summed E-state index contributed by atoms with van der Waals surface area (Å²) >= 11 is 1.68.